The molecule has 2 aromatic carbocycles. The van der Waals surface area contributed by atoms with Crippen LogP contribution in [0.5, 0.6) is 5.75 Å². The van der Waals surface area contributed by atoms with Gasteiger partial charge in [0, 0.05) is 18.7 Å². The lowest BCUT2D eigenvalue weighted by molar-refractivity contribution is 0.102. The van der Waals surface area contributed by atoms with Gasteiger partial charge >= 0.3 is 0 Å². The maximum atomic E-state index is 13.1. The Bertz CT molecular complexity index is 984. The van der Waals surface area contributed by atoms with Gasteiger partial charge < -0.3 is 10.4 Å². The summed E-state index contributed by atoms with van der Waals surface area (Å²) in [5.41, 5.74) is 1.26. The van der Waals surface area contributed by atoms with Gasteiger partial charge in [-0.15, -0.1) is 0 Å². The minimum atomic E-state index is -3.79. The summed E-state index contributed by atoms with van der Waals surface area (Å²) < 4.78 is 27.5. The molecule has 0 atom stereocenters. The average Bonchev–Trinajstić information content (AvgIpc) is 2.94. The van der Waals surface area contributed by atoms with E-state index in [-0.39, 0.29) is 26.9 Å². The molecule has 0 aliphatic carbocycles. The Labute approximate surface area is 170 Å². The fourth-order valence-corrected chi connectivity index (χ4v) is 5.22. The second kappa shape index (κ2) is 8.51. The van der Waals surface area contributed by atoms with Crippen molar-refractivity contribution in [2.45, 2.75) is 37.5 Å². The van der Waals surface area contributed by atoms with E-state index in [4.69, 9.17) is 11.6 Å². The van der Waals surface area contributed by atoms with Crippen molar-refractivity contribution in [1.82, 2.24) is 4.31 Å². The number of nitrogens with one attached hydrogen (secondary N) is 1. The number of phenolic OH excluding ortho intramolecular Hbond substituents is 1. The number of sulfonamides is 1. The Morgan fingerprint density at radius 3 is 2.39 bits per heavy atom. The Hall–Kier alpha value is -2.09. The molecule has 28 heavy (non-hydrogen) atoms. The van der Waals surface area contributed by atoms with Gasteiger partial charge in [0.1, 0.15) is 10.6 Å². The minimum Gasteiger partial charge on any atom is -0.506 e. The number of anilines is 1. The third-order valence-electron chi connectivity index (χ3n) is 4.78. The van der Waals surface area contributed by atoms with Crippen molar-refractivity contribution in [3.8, 4) is 5.75 Å². The molecule has 1 saturated heterocycles. The Kier molecular flexibility index (Phi) is 6.27. The maximum Gasteiger partial charge on any atom is 0.255 e. The van der Waals surface area contributed by atoms with E-state index in [1.54, 1.807) is 12.1 Å². The quantitative estimate of drug-likeness (QED) is 0.724. The fraction of sp³-hybridized carbons (Fsp3) is 0.350. The van der Waals surface area contributed by atoms with Gasteiger partial charge in [0.2, 0.25) is 10.0 Å². The number of carbonyl (C=O) groups is 1. The van der Waals surface area contributed by atoms with E-state index < -0.39 is 15.9 Å². The average molecular weight is 423 g/mol. The number of hydrogen-bond donors (Lipinski definition) is 2. The number of rotatable bonds is 4. The normalized spacial score (nSPS) is 15.8. The van der Waals surface area contributed by atoms with Crippen LogP contribution in [0.3, 0.4) is 0 Å². The predicted octanol–water partition coefficient (Wildman–Crippen LogP) is 4.17. The van der Waals surface area contributed by atoms with Crippen LogP contribution in [-0.2, 0) is 10.0 Å². The van der Waals surface area contributed by atoms with Crippen molar-refractivity contribution in [2.24, 2.45) is 0 Å². The molecule has 1 aliphatic heterocycles. The fourth-order valence-electron chi connectivity index (χ4n) is 3.21. The summed E-state index contributed by atoms with van der Waals surface area (Å²) in [6.07, 6.45) is 3.62. The summed E-state index contributed by atoms with van der Waals surface area (Å²) in [7, 11) is -3.79. The summed E-state index contributed by atoms with van der Waals surface area (Å²) in [5, 5.41) is 12.7. The van der Waals surface area contributed by atoms with Crippen molar-refractivity contribution < 1.29 is 18.3 Å². The molecule has 150 valence electrons. The zero-order chi connectivity index (χ0) is 20.3. The molecular weight excluding hydrogens is 400 g/mol. The van der Waals surface area contributed by atoms with Gasteiger partial charge in [-0.3, -0.25) is 4.79 Å². The number of halogens is 1. The smallest absolute Gasteiger partial charge is 0.255 e. The predicted molar refractivity (Wildman–Crippen MR) is 109 cm³/mol. The van der Waals surface area contributed by atoms with E-state index in [0.29, 0.717) is 13.1 Å². The highest BCUT2D eigenvalue weighted by Gasteiger charge is 2.28. The maximum absolute atomic E-state index is 13.1. The molecule has 0 bridgehead atoms. The molecule has 0 unspecified atom stereocenters. The van der Waals surface area contributed by atoms with E-state index >= 15 is 0 Å². The first kappa shape index (κ1) is 20.6. The molecular formula is C20H23ClN2O4S. The largest absolute Gasteiger partial charge is 0.506 e. The Morgan fingerprint density at radius 1 is 1.07 bits per heavy atom. The van der Waals surface area contributed by atoms with Crippen LogP contribution in [0.1, 0.15) is 41.6 Å². The molecule has 0 aromatic heterocycles. The van der Waals surface area contributed by atoms with Crippen molar-refractivity contribution in [3.63, 3.8) is 0 Å². The second-order valence-corrected chi connectivity index (χ2v) is 9.25. The first-order chi connectivity index (χ1) is 13.3. The zero-order valence-corrected chi connectivity index (χ0v) is 17.2. The molecule has 1 aliphatic rings. The van der Waals surface area contributed by atoms with Gasteiger partial charge in [0.25, 0.3) is 5.91 Å². The molecule has 0 saturated carbocycles. The number of carbonyl (C=O) groups excluding carboxylic acids is 1. The number of aromatic hydroxyl groups is 1. The molecule has 8 heteroatoms. The van der Waals surface area contributed by atoms with Crippen LogP contribution >= 0.6 is 11.6 Å². The van der Waals surface area contributed by atoms with Gasteiger partial charge in [-0.05, 0) is 55.7 Å². The summed E-state index contributed by atoms with van der Waals surface area (Å²) >= 11 is 6.17. The van der Waals surface area contributed by atoms with E-state index in [9.17, 15) is 18.3 Å². The van der Waals surface area contributed by atoms with Crippen LogP contribution in [0.25, 0.3) is 0 Å². The first-order valence-electron chi connectivity index (χ1n) is 9.20. The third-order valence-corrected chi connectivity index (χ3v) is 7.16. The number of amides is 1. The summed E-state index contributed by atoms with van der Waals surface area (Å²) in [6, 6.07) is 9.05. The van der Waals surface area contributed by atoms with Gasteiger partial charge in [-0.1, -0.05) is 30.5 Å². The number of phenols is 1. The van der Waals surface area contributed by atoms with E-state index in [1.807, 2.05) is 6.92 Å². The van der Waals surface area contributed by atoms with Crippen LogP contribution in [0.2, 0.25) is 5.02 Å². The second-order valence-electron chi connectivity index (χ2n) is 6.94. The summed E-state index contributed by atoms with van der Waals surface area (Å²) in [5.74, 6) is -0.581. The van der Waals surface area contributed by atoms with E-state index in [2.05, 4.69) is 5.32 Å². The third kappa shape index (κ3) is 4.48. The standard InChI is InChI=1S/C20H23ClN2O4S/c1-14-6-9-17(18(24)12-14)22-20(25)15-7-8-16(21)19(13-15)28(26,27)23-10-4-2-3-5-11-23/h6-9,12-13,24H,2-5,10-11H2,1H3,(H,22,25). The van der Waals surface area contributed by atoms with Gasteiger partial charge in [-0.25, -0.2) is 8.42 Å². The lowest BCUT2D eigenvalue weighted by atomic mass is 10.2. The number of hydrogen-bond acceptors (Lipinski definition) is 4. The first-order valence-corrected chi connectivity index (χ1v) is 11.0. The van der Waals surface area contributed by atoms with Crippen molar-refractivity contribution in [2.75, 3.05) is 18.4 Å². The lowest BCUT2D eigenvalue weighted by Gasteiger charge is -2.21. The molecule has 0 radical (unpaired) electrons. The molecule has 3 rings (SSSR count). The number of nitrogens with zero attached hydrogens (tertiary/aromatic N) is 1. The molecule has 1 amide bonds. The van der Waals surface area contributed by atoms with Crippen molar-refractivity contribution >= 4 is 33.2 Å². The highest BCUT2D eigenvalue weighted by Crippen LogP contribution is 2.29. The molecule has 0 spiro atoms. The molecule has 6 nitrogen and oxygen atoms in total. The van der Waals surface area contributed by atoms with Crippen molar-refractivity contribution in [1.29, 1.82) is 0 Å². The lowest BCUT2D eigenvalue weighted by Crippen LogP contribution is -2.32. The zero-order valence-electron chi connectivity index (χ0n) is 15.6. The molecule has 1 fully saturated rings. The topological polar surface area (TPSA) is 86.7 Å². The number of aryl methyl sites for hydroxylation is 1. The van der Waals surface area contributed by atoms with Gasteiger partial charge in [0.15, 0.2) is 0 Å². The number of benzene rings is 2. The SMILES string of the molecule is Cc1ccc(NC(=O)c2ccc(Cl)c(S(=O)(=O)N3CCCCCC3)c2)c(O)c1. The molecule has 1 heterocycles. The van der Waals surface area contributed by atoms with Crippen molar-refractivity contribution in [3.05, 3.63) is 52.5 Å². The van der Waals surface area contributed by atoms with Crippen LogP contribution in [0, 0.1) is 6.92 Å². The summed E-state index contributed by atoms with van der Waals surface area (Å²) in [6.45, 7) is 2.73. The Balaban J connectivity index is 1.89. The highest BCUT2D eigenvalue weighted by atomic mass is 35.5. The van der Waals surface area contributed by atoms with Gasteiger partial charge in [0.05, 0.1) is 10.7 Å². The Morgan fingerprint density at radius 2 is 1.75 bits per heavy atom. The van der Waals surface area contributed by atoms with E-state index in [0.717, 1.165) is 31.2 Å². The van der Waals surface area contributed by atoms with Crippen LogP contribution in [0.4, 0.5) is 5.69 Å². The van der Waals surface area contributed by atoms with Crippen LogP contribution < -0.4 is 5.32 Å². The van der Waals surface area contributed by atoms with E-state index in [1.165, 1.54) is 28.6 Å². The monoisotopic (exact) mass is 422 g/mol. The summed E-state index contributed by atoms with van der Waals surface area (Å²) in [4.78, 5) is 12.5. The van der Waals surface area contributed by atoms with Crippen LogP contribution in [-0.4, -0.2) is 36.8 Å². The highest BCUT2D eigenvalue weighted by molar-refractivity contribution is 7.89. The molecule has 2 aromatic rings. The molecule has 2 N–H and O–H groups in total. The van der Waals surface area contributed by atoms with Crippen LogP contribution in [0.15, 0.2) is 41.3 Å². The minimum absolute atomic E-state index is 0.0558. The van der Waals surface area contributed by atoms with Gasteiger partial charge in [-0.2, -0.15) is 4.31 Å².